The van der Waals surface area contributed by atoms with E-state index < -0.39 is 0 Å². The SMILES string of the molecule is CC(C)c1ccc(C(NN)C2C3CCCC32)cc1. The van der Waals surface area contributed by atoms with Gasteiger partial charge in [-0.05, 0) is 47.6 Å². The third-order valence-electron chi connectivity index (χ3n) is 5.00. The standard InChI is InChI=1S/C16H24N2/c1-10(2)11-6-8-12(9-7-11)16(18-17)15-13-4-3-5-14(13)15/h6-10,13-16,18H,3-5,17H2,1-2H3. The maximum atomic E-state index is 5.80. The smallest absolute Gasteiger partial charge is 0.0493 e. The summed E-state index contributed by atoms with van der Waals surface area (Å²) in [6, 6.07) is 9.38. The van der Waals surface area contributed by atoms with Crippen molar-refractivity contribution in [1.82, 2.24) is 5.43 Å². The van der Waals surface area contributed by atoms with E-state index in [4.69, 9.17) is 5.84 Å². The molecule has 2 heteroatoms. The second kappa shape index (κ2) is 4.67. The molecule has 0 heterocycles. The fourth-order valence-corrected chi connectivity index (χ4v) is 3.89. The lowest BCUT2D eigenvalue weighted by Gasteiger charge is -2.19. The molecular formula is C16H24N2. The molecule has 3 unspecified atom stereocenters. The molecule has 0 radical (unpaired) electrons. The van der Waals surface area contributed by atoms with Crippen LogP contribution in [0.2, 0.25) is 0 Å². The number of fused-ring (bicyclic) bond motifs is 1. The van der Waals surface area contributed by atoms with Crippen molar-refractivity contribution in [2.45, 2.75) is 45.1 Å². The predicted octanol–water partition coefficient (Wildman–Crippen LogP) is 3.36. The Morgan fingerprint density at radius 1 is 1.06 bits per heavy atom. The van der Waals surface area contributed by atoms with Crippen LogP contribution in [0.1, 0.15) is 56.2 Å². The van der Waals surface area contributed by atoms with Gasteiger partial charge >= 0.3 is 0 Å². The average Bonchev–Trinajstić information content (AvgIpc) is 2.85. The molecule has 2 fully saturated rings. The Hall–Kier alpha value is -0.860. The monoisotopic (exact) mass is 244 g/mol. The van der Waals surface area contributed by atoms with Gasteiger partial charge in [0.25, 0.3) is 0 Å². The van der Waals surface area contributed by atoms with E-state index in [9.17, 15) is 0 Å². The van der Waals surface area contributed by atoms with Gasteiger partial charge in [0.1, 0.15) is 0 Å². The van der Waals surface area contributed by atoms with Crippen molar-refractivity contribution in [3.8, 4) is 0 Å². The first-order valence-corrected chi connectivity index (χ1v) is 7.28. The van der Waals surface area contributed by atoms with E-state index in [0.717, 1.165) is 17.8 Å². The lowest BCUT2D eigenvalue weighted by molar-refractivity contribution is 0.425. The van der Waals surface area contributed by atoms with Crippen LogP contribution in [-0.4, -0.2) is 0 Å². The molecule has 0 spiro atoms. The molecule has 0 aliphatic heterocycles. The molecule has 2 aliphatic rings. The molecule has 18 heavy (non-hydrogen) atoms. The van der Waals surface area contributed by atoms with E-state index in [0.29, 0.717) is 12.0 Å². The van der Waals surface area contributed by atoms with Crippen LogP contribution >= 0.6 is 0 Å². The van der Waals surface area contributed by atoms with E-state index in [1.165, 1.54) is 30.4 Å². The topological polar surface area (TPSA) is 38.0 Å². The van der Waals surface area contributed by atoms with E-state index in [2.05, 4.69) is 43.5 Å². The fourth-order valence-electron chi connectivity index (χ4n) is 3.89. The Balaban J connectivity index is 1.76. The lowest BCUT2D eigenvalue weighted by atomic mass is 9.94. The van der Waals surface area contributed by atoms with Gasteiger partial charge in [-0.1, -0.05) is 44.5 Å². The lowest BCUT2D eigenvalue weighted by Crippen LogP contribution is -2.30. The van der Waals surface area contributed by atoms with Crippen LogP contribution in [0.4, 0.5) is 0 Å². The molecule has 0 bridgehead atoms. The first kappa shape index (κ1) is 12.2. The van der Waals surface area contributed by atoms with Gasteiger partial charge in [-0.25, -0.2) is 0 Å². The summed E-state index contributed by atoms with van der Waals surface area (Å²) in [5.74, 6) is 9.06. The van der Waals surface area contributed by atoms with Gasteiger partial charge in [0.15, 0.2) is 0 Å². The van der Waals surface area contributed by atoms with Crippen molar-refractivity contribution < 1.29 is 0 Å². The van der Waals surface area contributed by atoms with Gasteiger partial charge < -0.3 is 0 Å². The van der Waals surface area contributed by atoms with Crippen molar-refractivity contribution in [2.24, 2.45) is 23.6 Å². The number of nitrogens with two attached hydrogens (primary N) is 1. The van der Waals surface area contributed by atoms with Gasteiger partial charge in [0.2, 0.25) is 0 Å². The molecule has 2 aliphatic carbocycles. The van der Waals surface area contributed by atoms with Crippen molar-refractivity contribution >= 4 is 0 Å². The van der Waals surface area contributed by atoms with Gasteiger partial charge in [0, 0.05) is 6.04 Å². The van der Waals surface area contributed by atoms with Crippen LogP contribution < -0.4 is 11.3 Å². The van der Waals surface area contributed by atoms with E-state index in [-0.39, 0.29) is 0 Å². The number of hydrogen-bond donors (Lipinski definition) is 2. The quantitative estimate of drug-likeness (QED) is 0.629. The third kappa shape index (κ3) is 1.98. The molecule has 3 atom stereocenters. The highest BCUT2D eigenvalue weighted by molar-refractivity contribution is 5.29. The average molecular weight is 244 g/mol. The summed E-state index contributed by atoms with van der Waals surface area (Å²) in [5.41, 5.74) is 5.83. The first-order valence-electron chi connectivity index (χ1n) is 7.28. The van der Waals surface area contributed by atoms with Crippen LogP contribution in [0.3, 0.4) is 0 Å². The fraction of sp³-hybridized carbons (Fsp3) is 0.625. The van der Waals surface area contributed by atoms with E-state index >= 15 is 0 Å². The zero-order valence-corrected chi connectivity index (χ0v) is 11.4. The van der Waals surface area contributed by atoms with Gasteiger partial charge in [0.05, 0.1) is 0 Å². The van der Waals surface area contributed by atoms with Crippen molar-refractivity contribution in [3.05, 3.63) is 35.4 Å². The molecule has 3 N–H and O–H groups in total. The highest BCUT2D eigenvalue weighted by Gasteiger charge is 2.55. The molecule has 2 nitrogen and oxygen atoms in total. The number of rotatable bonds is 4. The molecule has 2 saturated carbocycles. The largest absolute Gasteiger partial charge is 0.271 e. The molecule has 0 amide bonds. The number of hydrogen-bond acceptors (Lipinski definition) is 2. The zero-order chi connectivity index (χ0) is 12.7. The number of hydrazine groups is 1. The summed E-state index contributed by atoms with van der Waals surface area (Å²) in [6.07, 6.45) is 4.25. The summed E-state index contributed by atoms with van der Waals surface area (Å²) in [6.45, 7) is 4.47. The van der Waals surface area contributed by atoms with Crippen LogP contribution in [0.5, 0.6) is 0 Å². The van der Waals surface area contributed by atoms with Gasteiger partial charge in [-0.3, -0.25) is 11.3 Å². The Morgan fingerprint density at radius 2 is 1.61 bits per heavy atom. The van der Waals surface area contributed by atoms with Crippen molar-refractivity contribution in [2.75, 3.05) is 0 Å². The number of benzene rings is 1. The van der Waals surface area contributed by atoms with Gasteiger partial charge in [-0.15, -0.1) is 0 Å². The minimum Gasteiger partial charge on any atom is -0.271 e. The van der Waals surface area contributed by atoms with Crippen LogP contribution in [0, 0.1) is 17.8 Å². The second-order valence-electron chi connectivity index (χ2n) is 6.30. The van der Waals surface area contributed by atoms with Crippen LogP contribution in [-0.2, 0) is 0 Å². The Morgan fingerprint density at radius 3 is 2.11 bits per heavy atom. The Bertz CT molecular complexity index is 400. The highest BCUT2D eigenvalue weighted by Crippen LogP contribution is 2.62. The predicted molar refractivity (Wildman–Crippen MR) is 74.9 cm³/mol. The van der Waals surface area contributed by atoms with E-state index in [1.54, 1.807) is 0 Å². The zero-order valence-electron chi connectivity index (χ0n) is 11.4. The van der Waals surface area contributed by atoms with Crippen LogP contribution in [0.15, 0.2) is 24.3 Å². The Labute approximate surface area is 110 Å². The summed E-state index contributed by atoms with van der Waals surface area (Å²) >= 11 is 0. The summed E-state index contributed by atoms with van der Waals surface area (Å²) in [4.78, 5) is 0. The normalized spacial score (nSPS) is 31.4. The summed E-state index contributed by atoms with van der Waals surface area (Å²) in [5, 5.41) is 0. The minimum atomic E-state index is 0.363. The first-order chi connectivity index (χ1) is 8.72. The van der Waals surface area contributed by atoms with Gasteiger partial charge in [-0.2, -0.15) is 0 Å². The molecule has 98 valence electrons. The molecule has 3 rings (SSSR count). The Kier molecular flexibility index (Phi) is 3.16. The maximum absolute atomic E-state index is 5.80. The van der Waals surface area contributed by atoms with Crippen molar-refractivity contribution in [3.63, 3.8) is 0 Å². The third-order valence-corrected chi connectivity index (χ3v) is 5.00. The summed E-state index contributed by atoms with van der Waals surface area (Å²) < 4.78 is 0. The highest BCUT2D eigenvalue weighted by atomic mass is 15.2. The van der Waals surface area contributed by atoms with Crippen LogP contribution in [0.25, 0.3) is 0 Å². The van der Waals surface area contributed by atoms with E-state index in [1.807, 2.05) is 0 Å². The minimum absolute atomic E-state index is 0.363. The molecule has 0 saturated heterocycles. The molecule has 0 aromatic heterocycles. The number of nitrogens with one attached hydrogen (secondary N) is 1. The maximum Gasteiger partial charge on any atom is 0.0493 e. The second-order valence-corrected chi connectivity index (χ2v) is 6.30. The molecular weight excluding hydrogens is 220 g/mol. The van der Waals surface area contributed by atoms with Crippen molar-refractivity contribution in [1.29, 1.82) is 0 Å². The molecule has 1 aromatic carbocycles. The summed E-state index contributed by atoms with van der Waals surface area (Å²) in [7, 11) is 0. The molecule has 1 aromatic rings.